The molecule has 1 aromatic rings. The molecule has 3 N–H and O–H groups in total. The number of aliphatic imine (C=N–C) groups is 1. The van der Waals surface area contributed by atoms with Crippen LogP contribution in [0, 0.1) is 5.92 Å². The zero-order valence-corrected chi connectivity index (χ0v) is 12.6. The predicted octanol–water partition coefficient (Wildman–Crippen LogP) is 3.13. The molecule has 1 aliphatic rings. The summed E-state index contributed by atoms with van der Waals surface area (Å²) in [7, 11) is 0. The van der Waals surface area contributed by atoms with Gasteiger partial charge >= 0.3 is 6.36 Å². The lowest BCUT2D eigenvalue weighted by molar-refractivity contribution is -0.274. The van der Waals surface area contributed by atoms with Crippen molar-refractivity contribution < 1.29 is 22.6 Å². The van der Waals surface area contributed by atoms with Crippen LogP contribution in [0.5, 0.6) is 5.75 Å². The van der Waals surface area contributed by atoms with Crippen LogP contribution in [0.15, 0.2) is 29.3 Å². The van der Waals surface area contributed by atoms with Gasteiger partial charge in [0, 0.05) is 25.4 Å². The summed E-state index contributed by atoms with van der Waals surface area (Å²) in [6.07, 6.45) is -1.39. The van der Waals surface area contributed by atoms with Gasteiger partial charge in [0.1, 0.15) is 5.75 Å². The lowest BCUT2D eigenvalue weighted by atomic mass is 10.3. The predicted molar refractivity (Wildman–Crippen MR) is 81.4 cm³/mol. The molecule has 0 aliphatic heterocycles. The van der Waals surface area contributed by atoms with Gasteiger partial charge < -0.3 is 20.5 Å². The van der Waals surface area contributed by atoms with Crippen molar-refractivity contribution in [1.29, 1.82) is 0 Å². The molecule has 0 amide bonds. The minimum Gasteiger partial charge on any atom is -0.406 e. The molecule has 0 atom stereocenters. The van der Waals surface area contributed by atoms with Crippen LogP contribution in [0.2, 0.25) is 0 Å². The van der Waals surface area contributed by atoms with Gasteiger partial charge in [-0.1, -0.05) is 0 Å². The number of guanidine groups is 1. The lowest BCUT2D eigenvalue weighted by Crippen LogP contribution is -2.23. The van der Waals surface area contributed by atoms with Crippen molar-refractivity contribution in [3.8, 4) is 5.75 Å². The number of ether oxygens (including phenoxy) is 2. The molecule has 0 spiro atoms. The first kappa shape index (κ1) is 17.4. The fourth-order valence-corrected chi connectivity index (χ4v) is 1.83. The van der Waals surface area contributed by atoms with E-state index in [9.17, 15) is 13.2 Å². The molecule has 23 heavy (non-hydrogen) atoms. The standard InChI is InChI=1S/C15H20F3N3O2/c16-15(17,18)23-13-6-4-12(5-7-13)21-14(19)20-8-1-9-22-10-11-2-3-11/h4-7,11H,1-3,8-10H2,(H3,19,20,21). The summed E-state index contributed by atoms with van der Waals surface area (Å²) in [5.74, 6) is 0.664. The molecule has 0 saturated heterocycles. The summed E-state index contributed by atoms with van der Waals surface area (Å²) in [5.41, 5.74) is 6.24. The maximum Gasteiger partial charge on any atom is 0.573 e. The van der Waals surface area contributed by atoms with Gasteiger partial charge in [-0.3, -0.25) is 4.99 Å². The summed E-state index contributed by atoms with van der Waals surface area (Å²) in [4.78, 5) is 4.13. The number of anilines is 1. The van der Waals surface area contributed by atoms with Gasteiger partial charge in [-0.25, -0.2) is 0 Å². The minimum atomic E-state index is -4.70. The first-order chi connectivity index (χ1) is 10.9. The lowest BCUT2D eigenvalue weighted by Gasteiger charge is -2.10. The van der Waals surface area contributed by atoms with Crippen molar-refractivity contribution in [2.45, 2.75) is 25.6 Å². The molecule has 0 heterocycles. The molecule has 1 saturated carbocycles. The Bertz CT molecular complexity index is 514. The Morgan fingerprint density at radius 1 is 1.26 bits per heavy atom. The summed E-state index contributed by atoms with van der Waals surface area (Å²) in [5, 5.41) is 2.80. The van der Waals surface area contributed by atoms with E-state index in [4.69, 9.17) is 10.5 Å². The van der Waals surface area contributed by atoms with Gasteiger partial charge in [-0.05, 0) is 49.4 Å². The fourth-order valence-electron chi connectivity index (χ4n) is 1.83. The Morgan fingerprint density at radius 2 is 1.96 bits per heavy atom. The van der Waals surface area contributed by atoms with Gasteiger partial charge in [0.15, 0.2) is 5.96 Å². The summed E-state index contributed by atoms with van der Waals surface area (Å²) in [6.45, 7) is 2.00. The number of alkyl halides is 3. The topological polar surface area (TPSA) is 68.9 Å². The molecule has 1 aliphatic carbocycles. The second kappa shape index (κ2) is 8.05. The molecular weight excluding hydrogens is 311 g/mol. The summed E-state index contributed by atoms with van der Waals surface area (Å²) in [6, 6.07) is 5.27. The molecule has 0 unspecified atom stereocenters. The number of halogens is 3. The summed E-state index contributed by atoms with van der Waals surface area (Å²) >= 11 is 0. The Morgan fingerprint density at radius 3 is 2.57 bits per heavy atom. The molecule has 128 valence electrons. The Labute approximate surface area is 132 Å². The average molecular weight is 331 g/mol. The number of nitrogens with zero attached hydrogens (tertiary/aromatic N) is 1. The monoisotopic (exact) mass is 331 g/mol. The van der Waals surface area contributed by atoms with Crippen molar-refractivity contribution in [2.24, 2.45) is 16.6 Å². The van der Waals surface area contributed by atoms with Gasteiger partial charge in [-0.2, -0.15) is 0 Å². The van der Waals surface area contributed by atoms with Crippen molar-refractivity contribution in [3.05, 3.63) is 24.3 Å². The third kappa shape index (κ3) is 7.73. The second-order valence-corrected chi connectivity index (χ2v) is 5.34. The number of rotatable bonds is 8. The van der Waals surface area contributed by atoms with Gasteiger partial charge in [-0.15, -0.1) is 13.2 Å². The van der Waals surface area contributed by atoms with E-state index in [1.807, 2.05) is 0 Å². The molecule has 0 aromatic heterocycles. The van der Waals surface area contributed by atoms with Crippen molar-refractivity contribution in [3.63, 3.8) is 0 Å². The Hall–Kier alpha value is -1.96. The van der Waals surface area contributed by atoms with Crippen LogP contribution in [0.4, 0.5) is 18.9 Å². The SMILES string of the molecule is NC(=NCCCOCC1CC1)Nc1ccc(OC(F)(F)F)cc1. The third-order valence-corrected chi connectivity index (χ3v) is 3.14. The van der Waals surface area contributed by atoms with E-state index in [2.05, 4.69) is 15.0 Å². The largest absolute Gasteiger partial charge is 0.573 e. The first-order valence-corrected chi connectivity index (χ1v) is 7.43. The molecule has 1 fully saturated rings. The fraction of sp³-hybridized carbons (Fsp3) is 0.533. The van der Waals surface area contributed by atoms with Crippen LogP contribution in [0.1, 0.15) is 19.3 Å². The zero-order valence-electron chi connectivity index (χ0n) is 12.6. The highest BCUT2D eigenvalue weighted by Crippen LogP contribution is 2.28. The number of nitrogens with two attached hydrogens (primary N) is 1. The zero-order chi connectivity index (χ0) is 16.7. The van der Waals surface area contributed by atoms with E-state index in [-0.39, 0.29) is 11.7 Å². The number of hydrogen-bond donors (Lipinski definition) is 2. The highest BCUT2D eigenvalue weighted by atomic mass is 19.4. The Kier molecular flexibility index (Phi) is 6.09. The van der Waals surface area contributed by atoms with Crippen LogP contribution in [0.3, 0.4) is 0 Å². The normalized spacial score (nSPS) is 15.5. The van der Waals surface area contributed by atoms with Crippen molar-refractivity contribution in [1.82, 2.24) is 0 Å². The van der Waals surface area contributed by atoms with Crippen LogP contribution in [-0.4, -0.2) is 32.1 Å². The maximum atomic E-state index is 12.0. The van der Waals surface area contributed by atoms with Crippen LogP contribution in [0.25, 0.3) is 0 Å². The van der Waals surface area contributed by atoms with Gasteiger partial charge in [0.05, 0.1) is 0 Å². The van der Waals surface area contributed by atoms with Crippen LogP contribution < -0.4 is 15.8 Å². The van der Waals surface area contributed by atoms with Gasteiger partial charge in [0.2, 0.25) is 0 Å². The highest BCUT2D eigenvalue weighted by molar-refractivity contribution is 5.92. The van der Waals surface area contributed by atoms with Crippen molar-refractivity contribution in [2.75, 3.05) is 25.1 Å². The molecule has 0 radical (unpaired) electrons. The molecular formula is C15H20F3N3O2. The molecule has 1 aromatic carbocycles. The number of benzene rings is 1. The van der Waals surface area contributed by atoms with E-state index in [0.717, 1.165) is 18.9 Å². The first-order valence-electron chi connectivity index (χ1n) is 7.43. The smallest absolute Gasteiger partial charge is 0.406 e. The van der Waals surface area contributed by atoms with E-state index in [1.165, 1.54) is 37.1 Å². The number of nitrogens with one attached hydrogen (secondary N) is 1. The van der Waals surface area contributed by atoms with Crippen LogP contribution >= 0.6 is 0 Å². The third-order valence-electron chi connectivity index (χ3n) is 3.14. The highest BCUT2D eigenvalue weighted by Gasteiger charge is 2.30. The van der Waals surface area contributed by atoms with Gasteiger partial charge in [0.25, 0.3) is 0 Å². The molecule has 0 bridgehead atoms. The Balaban J connectivity index is 1.66. The van der Waals surface area contributed by atoms with E-state index in [0.29, 0.717) is 18.8 Å². The minimum absolute atomic E-state index is 0.205. The summed E-state index contributed by atoms with van der Waals surface area (Å²) < 4.78 is 45.4. The molecule has 5 nitrogen and oxygen atoms in total. The van der Waals surface area contributed by atoms with E-state index >= 15 is 0 Å². The van der Waals surface area contributed by atoms with E-state index < -0.39 is 6.36 Å². The molecule has 2 rings (SSSR count). The maximum absolute atomic E-state index is 12.0. The van der Waals surface area contributed by atoms with Crippen LogP contribution in [-0.2, 0) is 4.74 Å². The average Bonchev–Trinajstić information content (AvgIpc) is 3.27. The van der Waals surface area contributed by atoms with E-state index in [1.54, 1.807) is 0 Å². The second-order valence-electron chi connectivity index (χ2n) is 5.34. The van der Waals surface area contributed by atoms with Crippen molar-refractivity contribution >= 4 is 11.6 Å². The molecule has 8 heteroatoms. The quantitative estimate of drug-likeness (QED) is 0.436. The number of hydrogen-bond acceptors (Lipinski definition) is 3.